The molecule has 1 aromatic heterocycles. The fraction of sp³-hybridized carbons (Fsp3) is 0.400. The van der Waals surface area contributed by atoms with E-state index in [2.05, 4.69) is 77.3 Å². The van der Waals surface area contributed by atoms with E-state index in [1.54, 1.807) is 19.2 Å². The zero-order valence-corrected chi connectivity index (χ0v) is 23.2. The van der Waals surface area contributed by atoms with Crippen molar-refractivity contribution in [3.05, 3.63) is 99.0 Å². The minimum atomic E-state index is -0.102. The Kier molecular flexibility index (Phi) is 6.80. The highest BCUT2D eigenvalue weighted by Gasteiger charge is 2.39. The van der Waals surface area contributed by atoms with E-state index in [0.29, 0.717) is 17.9 Å². The molecule has 1 saturated heterocycles. The van der Waals surface area contributed by atoms with Crippen LogP contribution in [0.3, 0.4) is 0 Å². The minimum Gasteiger partial charge on any atom is -0.314 e. The Morgan fingerprint density at radius 3 is 2.45 bits per heavy atom. The molecule has 0 bridgehead atoms. The summed E-state index contributed by atoms with van der Waals surface area (Å²) in [5, 5.41) is 2.28. The molecular weight excluding hydrogens is 494 g/mol. The van der Waals surface area contributed by atoms with Gasteiger partial charge in [-0.05, 0) is 43.7 Å². The monoisotopic (exact) mass is 529 g/mol. The second kappa shape index (κ2) is 10.2. The van der Waals surface area contributed by atoms with Crippen LogP contribution in [0.1, 0.15) is 45.7 Å². The van der Waals surface area contributed by atoms with Gasteiger partial charge in [-0.3, -0.25) is 24.2 Å². The second-order valence-electron chi connectivity index (χ2n) is 10.7. The van der Waals surface area contributed by atoms with Crippen molar-refractivity contribution in [3.63, 3.8) is 0 Å². The second-order valence-corrected chi connectivity index (χ2v) is 11.8. The van der Waals surface area contributed by atoms with E-state index in [0.717, 1.165) is 38.5 Å². The Balaban J connectivity index is 1.46. The molecule has 3 aliphatic heterocycles. The molecule has 7 nitrogen and oxygen atoms in total. The van der Waals surface area contributed by atoms with E-state index in [4.69, 9.17) is 0 Å². The summed E-state index contributed by atoms with van der Waals surface area (Å²) in [6.45, 7) is 9.27. The number of nitrogens with zero attached hydrogens (tertiary/aromatic N) is 5. The van der Waals surface area contributed by atoms with Crippen LogP contribution in [0.15, 0.2) is 70.5 Å². The molecule has 8 heteroatoms. The molecule has 0 N–H and O–H groups in total. The number of hydrogen-bond acceptors (Lipinski definition) is 6. The predicted octanol–water partition coefficient (Wildman–Crippen LogP) is 3.54. The highest BCUT2D eigenvalue weighted by Crippen LogP contribution is 2.42. The van der Waals surface area contributed by atoms with Crippen LogP contribution in [-0.4, -0.2) is 77.8 Å². The van der Waals surface area contributed by atoms with Crippen molar-refractivity contribution >= 4 is 17.7 Å². The molecule has 3 aliphatic rings. The minimum absolute atomic E-state index is 0.00232. The van der Waals surface area contributed by atoms with Gasteiger partial charge in [0.2, 0.25) is 0 Å². The first-order valence-electron chi connectivity index (χ1n) is 13.4. The smallest absolute Gasteiger partial charge is 0.274 e. The number of fused-ring (bicyclic) bond motifs is 3. The maximum Gasteiger partial charge on any atom is 0.274 e. The summed E-state index contributed by atoms with van der Waals surface area (Å²) in [5.41, 5.74) is 4.64. The number of carbonyl (C=O) groups is 1. The average Bonchev–Trinajstić information content (AvgIpc) is 3.09. The van der Waals surface area contributed by atoms with Crippen LogP contribution in [-0.2, 0) is 5.75 Å². The molecule has 4 heterocycles. The van der Waals surface area contributed by atoms with E-state index >= 15 is 0 Å². The fourth-order valence-electron chi connectivity index (χ4n) is 5.99. The molecule has 2 unspecified atom stereocenters. The molecule has 2 aromatic carbocycles. The standard InChI is InChI=1S/C30H35N5O2S/c1-21(18-32-16-14-31(3)15-17-32)33-20-35(34-13-12-26(36)22(2)28(34)30(33)37)29-24-9-5-4-8-23(24)19-38-27-11-7-6-10-25(27)29/h4-13,21,29H,14-20H2,1-3H3. The lowest BCUT2D eigenvalue weighted by atomic mass is 9.94. The highest BCUT2D eigenvalue weighted by atomic mass is 32.2. The van der Waals surface area contributed by atoms with Crippen LogP contribution in [0.4, 0.5) is 0 Å². The Hall–Kier alpha value is -3.07. The topological polar surface area (TPSA) is 52.0 Å². The third kappa shape index (κ3) is 4.44. The van der Waals surface area contributed by atoms with Gasteiger partial charge in [0.05, 0.1) is 6.04 Å². The van der Waals surface area contributed by atoms with Gasteiger partial charge in [0.25, 0.3) is 5.91 Å². The quantitative estimate of drug-likeness (QED) is 0.516. The number of thioether (sulfide) groups is 1. The Bertz CT molecular complexity index is 1370. The van der Waals surface area contributed by atoms with Gasteiger partial charge in [0.15, 0.2) is 5.43 Å². The number of benzene rings is 2. The number of likely N-dealkylation sites (N-methyl/N-ethyl adjacent to an activating group) is 1. The number of carbonyl (C=O) groups excluding carboxylic acids is 1. The van der Waals surface area contributed by atoms with Crippen molar-refractivity contribution in [2.75, 3.05) is 51.4 Å². The van der Waals surface area contributed by atoms with Crippen LogP contribution >= 0.6 is 11.8 Å². The highest BCUT2D eigenvalue weighted by molar-refractivity contribution is 7.98. The molecule has 0 spiro atoms. The average molecular weight is 530 g/mol. The molecule has 3 aromatic rings. The summed E-state index contributed by atoms with van der Waals surface area (Å²) in [6, 6.07) is 18.7. The Morgan fingerprint density at radius 1 is 0.947 bits per heavy atom. The van der Waals surface area contributed by atoms with Crippen molar-refractivity contribution in [1.82, 2.24) is 19.4 Å². The summed E-state index contributed by atoms with van der Waals surface area (Å²) >= 11 is 1.86. The summed E-state index contributed by atoms with van der Waals surface area (Å²) in [7, 11) is 2.16. The van der Waals surface area contributed by atoms with E-state index in [1.807, 2.05) is 21.3 Å². The van der Waals surface area contributed by atoms with Crippen LogP contribution in [0, 0.1) is 6.92 Å². The number of piperazine rings is 1. The van der Waals surface area contributed by atoms with Crippen LogP contribution < -0.4 is 10.4 Å². The van der Waals surface area contributed by atoms with Gasteiger partial charge < -0.3 is 9.80 Å². The molecule has 0 radical (unpaired) electrons. The third-order valence-corrected chi connectivity index (χ3v) is 9.39. The first-order valence-corrected chi connectivity index (χ1v) is 14.4. The molecule has 0 saturated carbocycles. The number of aromatic nitrogens is 1. The number of hydrogen-bond donors (Lipinski definition) is 0. The van der Waals surface area contributed by atoms with Crippen LogP contribution in [0.5, 0.6) is 0 Å². The molecule has 0 aliphatic carbocycles. The number of rotatable bonds is 4. The zero-order chi connectivity index (χ0) is 26.4. The first kappa shape index (κ1) is 25.2. The maximum atomic E-state index is 14.0. The lowest BCUT2D eigenvalue weighted by Crippen LogP contribution is -2.60. The normalized spacial score (nSPS) is 20.9. The molecule has 1 fully saturated rings. The van der Waals surface area contributed by atoms with Crippen LogP contribution in [0.2, 0.25) is 0 Å². The molecule has 1 amide bonds. The number of amides is 1. The summed E-state index contributed by atoms with van der Waals surface area (Å²) in [4.78, 5) is 34.8. The Morgan fingerprint density at radius 2 is 1.66 bits per heavy atom. The van der Waals surface area contributed by atoms with Gasteiger partial charge in [0, 0.05) is 67.2 Å². The number of pyridine rings is 1. The van der Waals surface area contributed by atoms with Gasteiger partial charge in [-0.2, -0.15) is 0 Å². The Labute approximate surface area is 228 Å². The van der Waals surface area contributed by atoms with Crippen molar-refractivity contribution in [2.24, 2.45) is 0 Å². The van der Waals surface area contributed by atoms with Crippen molar-refractivity contribution in [3.8, 4) is 0 Å². The van der Waals surface area contributed by atoms with Gasteiger partial charge in [-0.25, -0.2) is 0 Å². The third-order valence-electron chi connectivity index (χ3n) is 8.25. The van der Waals surface area contributed by atoms with Gasteiger partial charge in [-0.1, -0.05) is 42.5 Å². The maximum absolute atomic E-state index is 14.0. The molecule has 198 valence electrons. The lowest BCUT2D eigenvalue weighted by Gasteiger charge is -2.47. The SMILES string of the molecule is Cc1c2n(ccc1=O)N(C1c3ccccc3CSc3ccccc31)CN(C(C)CN1CCN(C)CC1)C2=O. The van der Waals surface area contributed by atoms with Crippen molar-refractivity contribution < 1.29 is 4.79 Å². The van der Waals surface area contributed by atoms with Crippen molar-refractivity contribution in [1.29, 1.82) is 0 Å². The van der Waals surface area contributed by atoms with E-state index in [1.165, 1.54) is 21.6 Å². The lowest BCUT2D eigenvalue weighted by molar-refractivity contribution is 0.0523. The first-order chi connectivity index (χ1) is 18.4. The van der Waals surface area contributed by atoms with Crippen LogP contribution in [0.25, 0.3) is 0 Å². The van der Waals surface area contributed by atoms with Gasteiger partial charge >= 0.3 is 0 Å². The van der Waals surface area contributed by atoms with E-state index in [-0.39, 0.29) is 23.4 Å². The predicted molar refractivity (Wildman–Crippen MR) is 152 cm³/mol. The van der Waals surface area contributed by atoms with Gasteiger partial charge in [-0.15, -0.1) is 11.8 Å². The fourth-order valence-corrected chi connectivity index (χ4v) is 7.08. The van der Waals surface area contributed by atoms with Crippen molar-refractivity contribution in [2.45, 2.75) is 36.6 Å². The molecule has 38 heavy (non-hydrogen) atoms. The van der Waals surface area contributed by atoms with E-state index in [9.17, 15) is 9.59 Å². The molecule has 2 atom stereocenters. The zero-order valence-electron chi connectivity index (χ0n) is 22.3. The summed E-state index contributed by atoms with van der Waals surface area (Å²) in [6.07, 6.45) is 1.79. The summed E-state index contributed by atoms with van der Waals surface area (Å²) in [5.74, 6) is 0.832. The summed E-state index contributed by atoms with van der Waals surface area (Å²) < 4.78 is 1.95. The molecule has 6 rings (SSSR count). The van der Waals surface area contributed by atoms with E-state index < -0.39 is 0 Å². The largest absolute Gasteiger partial charge is 0.314 e. The molecular formula is C30H35N5O2S. The van der Waals surface area contributed by atoms with Gasteiger partial charge in [0.1, 0.15) is 12.4 Å².